The van der Waals surface area contributed by atoms with E-state index in [9.17, 15) is 14.7 Å². The van der Waals surface area contributed by atoms with Crippen molar-refractivity contribution in [3.63, 3.8) is 0 Å². The molecule has 1 atom stereocenters. The maximum atomic E-state index is 12.2. The second-order valence-electron chi connectivity index (χ2n) is 6.76. The van der Waals surface area contributed by atoms with Gasteiger partial charge in [-0.25, -0.2) is 9.59 Å². The van der Waals surface area contributed by atoms with Crippen LogP contribution < -0.4 is 10.6 Å². The molecule has 144 valence electrons. The summed E-state index contributed by atoms with van der Waals surface area (Å²) in [5, 5.41) is 19.8. The standard InChI is InChI=1S/C19H22ClN3O4/c1-11(21-19(26)22-14-5-3-2-4-6-14)17-15(18(24)25)16(23-27-17)12-7-9-13(20)10-8-12/h7-11,14H,2-6H2,1H3,(H,24,25)(H2,21,22,26). The number of halogens is 1. The van der Waals surface area contributed by atoms with Gasteiger partial charge in [0.2, 0.25) is 0 Å². The molecule has 8 heteroatoms. The second-order valence-corrected chi connectivity index (χ2v) is 7.19. The van der Waals surface area contributed by atoms with E-state index < -0.39 is 12.0 Å². The van der Waals surface area contributed by atoms with Crippen molar-refractivity contribution in [1.29, 1.82) is 0 Å². The lowest BCUT2D eigenvalue weighted by atomic mass is 9.96. The first kappa shape index (κ1) is 19.2. The van der Waals surface area contributed by atoms with Gasteiger partial charge in [0, 0.05) is 16.6 Å². The van der Waals surface area contributed by atoms with E-state index in [4.69, 9.17) is 16.1 Å². The molecule has 7 nitrogen and oxygen atoms in total. The van der Waals surface area contributed by atoms with E-state index >= 15 is 0 Å². The third-order valence-corrected chi connectivity index (χ3v) is 4.98. The van der Waals surface area contributed by atoms with Crippen LogP contribution in [0.1, 0.15) is 61.2 Å². The monoisotopic (exact) mass is 391 g/mol. The number of carbonyl (C=O) groups is 2. The Morgan fingerprint density at radius 3 is 2.52 bits per heavy atom. The van der Waals surface area contributed by atoms with Gasteiger partial charge in [-0.1, -0.05) is 48.2 Å². The summed E-state index contributed by atoms with van der Waals surface area (Å²) in [4.78, 5) is 24.0. The lowest BCUT2D eigenvalue weighted by molar-refractivity contribution is 0.0693. The molecular formula is C19H22ClN3O4. The Morgan fingerprint density at radius 1 is 1.22 bits per heavy atom. The summed E-state index contributed by atoms with van der Waals surface area (Å²) in [5.74, 6) is -1.07. The van der Waals surface area contributed by atoms with Crippen molar-refractivity contribution >= 4 is 23.6 Å². The van der Waals surface area contributed by atoms with Gasteiger partial charge in [-0.05, 0) is 31.9 Å². The molecule has 2 aromatic rings. The third kappa shape index (κ3) is 4.60. The minimum atomic E-state index is -1.17. The zero-order valence-electron chi connectivity index (χ0n) is 15.0. The minimum Gasteiger partial charge on any atom is -0.477 e. The Bertz CT molecular complexity index is 813. The number of aromatic nitrogens is 1. The first-order valence-electron chi connectivity index (χ1n) is 9.01. The van der Waals surface area contributed by atoms with E-state index in [1.54, 1.807) is 31.2 Å². The molecule has 0 aliphatic heterocycles. The first-order valence-corrected chi connectivity index (χ1v) is 9.39. The number of carbonyl (C=O) groups excluding carboxylic acids is 1. The summed E-state index contributed by atoms with van der Waals surface area (Å²) in [6.45, 7) is 1.67. The van der Waals surface area contributed by atoms with Crippen LogP contribution in [0, 0.1) is 0 Å². The summed E-state index contributed by atoms with van der Waals surface area (Å²) in [5.41, 5.74) is 0.712. The van der Waals surface area contributed by atoms with Crippen LogP contribution in [0.2, 0.25) is 5.02 Å². The number of aromatic carboxylic acids is 1. The normalized spacial score (nSPS) is 15.9. The fourth-order valence-electron chi connectivity index (χ4n) is 3.35. The van der Waals surface area contributed by atoms with Crippen molar-refractivity contribution in [1.82, 2.24) is 15.8 Å². The fraction of sp³-hybridized carbons (Fsp3) is 0.421. The van der Waals surface area contributed by atoms with E-state index in [-0.39, 0.29) is 29.1 Å². The topological polar surface area (TPSA) is 104 Å². The second kappa shape index (κ2) is 8.43. The zero-order valence-corrected chi connectivity index (χ0v) is 15.8. The highest BCUT2D eigenvalue weighted by atomic mass is 35.5. The molecule has 2 amide bonds. The van der Waals surface area contributed by atoms with E-state index in [0.717, 1.165) is 25.7 Å². The van der Waals surface area contributed by atoms with Gasteiger partial charge in [0.1, 0.15) is 11.3 Å². The smallest absolute Gasteiger partial charge is 0.341 e. The molecule has 1 aromatic heterocycles. The van der Waals surface area contributed by atoms with Gasteiger partial charge in [-0.2, -0.15) is 0 Å². The summed E-state index contributed by atoms with van der Waals surface area (Å²) in [7, 11) is 0. The average Bonchev–Trinajstić information content (AvgIpc) is 3.08. The lowest BCUT2D eigenvalue weighted by Gasteiger charge is -2.23. The Morgan fingerprint density at radius 2 is 1.89 bits per heavy atom. The summed E-state index contributed by atoms with van der Waals surface area (Å²) >= 11 is 5.88. The molecule has 3 N–H and O–H groups in total. The van der Waals surface area contributed by atoms with Gasteiger partial charge in [0.25, 0.3) is 0 Å². The van der Waals surface area contributed by atoms with Gasteiger partial charge in [-0.15, -0.1) is 0 Å². The van der Waals surface area contributed by atoms with Crippen LogP contribution in [0.15, 0.2) is 28.8 Å². The highest BCUT2D eigenvalue weighted by molar-refractivity contribution is 6.30. The average molecular weight is 392 g/mol. The molecule has 1 heterocycles. The number of hydrogen-bond donors (Lipinski definition) is 3. The number of rotatable bonds is 5. The van der Waals surface area contributed by atoms with Crippen molar-refractivity contribution in [2.24, 2.45) is 0 Å². The molecular weight excluding hydrogens is 370 g/mol. The van der Waals surface area contributed by atoms with Gasteiger partial charge in [0.15, 0.2) is 5.76 Å². The molecule has 1 unspecified atom stereocenters. The minimum absolute atomic E-state index is 0.0669. The van der Waals surface area contributed by atoms with Crippen LogP contribution in [0.3, 0.4) is 0 Å². The predicted octanol–water partition coefficient (Wildman–Crippen LogP) is 4.39. The van der Waals surface area contributed by atoms with Crippen molar-refractivity contribution < 1.29 is 19.2 Å². The first-order chi connectivity index (χ1) is 13.0. The van der Waals surface area contributed by atoms with E-state index in [0.29, 0.717) is 10.6 Å². The number of nitrogens with one attached hydrogen (secondary N) is 2. The SMILES string of the molecule is CC(NC(=O)NC1CCCCC1)c1onc(-c2ccc(Cl)cc2)c1C(=O)O. The Balaban J connectivity index is 1.76. The molecule has 1 aliphatic rings. The van der Waals surface area contributed by atoms with Crippen LogP contribution in [0.5, 0.6) is 0 Å². The lowest BCUT2D eigenvalue weighted by Crippen LogP contribution is -2.43. The molecule has 1 saturated carbocycles. The Kier molecular flexibility index (Phi) is 6.01. The number of carboxylic acids is 1. The van der Waals surface area contributed by atoms with Crippen LogP contribution in [-0.4, -0.2) is 28.3 Å². The number of amides is 2. The quantitative estimate of drug-likeness (QED) is 0.701. The predicted molar refractivity (Wildman–Crippen MR) is 101 cm³/mol. The van der Waals surface area contributed by atoms with Gasteiger partial charge < -0.3 is 20.3 Å². The van der Waals surface area contributed by atoms with Crippen LogP contribution >= 0.6 is 11.6 Å². The van der Waals surface area contributed by atoms with Gasteiger partial charge >= 0.3 is 12.0 Å². The fourth-order valence-corrected chi connectivity index (χ4v) is 3.47. The van der Waals surface area contributed by atoms with E-state index in [1.165, 1.54) is 6.42 Å². The highest BCUT2D eigenvalue weighted by Crippen LogP contribution is 2.30. The van der Waals surface area contributed by atoms with Crippen LogP contribution in [0.4, 0.5) is 4.79 Å². The maximum Gasteiger partial charge on any atom is 0.341 e. The largest absolute Gasteiger partial charge is 0.477 e. The molecule has 27 heavy (non-hydrogen) atoms. The molecule has 0 spiro atoms. The van der Waals surface area contributed by atoms with Crippen molar-refractivity contribution in [2.45, 2.75) is 51.1 Å². The van der Waals surface area contributed by atoms with Crippen molar-refractivity contribution in [3.8, 4) is 11.3 Å². The van der Waals surface area contributed by atoms with Crippen LogP contribution in [-0.2, 0) is 0 Å². The van der Waals surface area contributed by atoms with Crippen molar-refractivity contribution in [3.05, 3.63) is 40.6 Å². The number of benzene rings is 1. The number of urea groups is 1. The number of carboxylic acid groups (broad SMARTS) is 1. The zero-order chi connectivity index (χ0) is 19.4. The van der Waals surface area contributed by atoms with E-state index in [1.807, 2.05) is 0 Å². The van der Waals surface area contributed by atoms with E-state index in [2.05, 4.69) is 15.8 Å². The molecule has 0 saturated heterocycles. The van der Waals surface area contributed by atoms with Crippen LogP contribution in [0.25, 0.3) is 11.3 Å². The molecule has 1 aromatic carbocycles. The van der Waals surface area contributed by atoms with Crippen molar-refractivity contribution in [2.75, 3.05) is 0 Å². The highest BCUT2D eigenvalue weighted by Gasteiger charge is 2.28. The third-order valence-electron chi connectivity index (χ3n) is 4.73. The molecule has 1 fully saturated rings. The molecule has 0 bridgehead atoms. The Labute approximate surface area is 162 Å². The summed E-state index contributed by atoms with van der Waals surface area (Å²) < 4.78 is 5.29. The summed E-state index contributed by atoms with van der Waals surface area (Å²) in [6, 6.07) is 5.81. The Hall–Kier alpha value is -2.54. The molecule has 3 rings (SSSR count). The number of nitrogens with zero attached hydrogens (tertiary/aromatic N) is 1. The molecule has 1 aliphatic carbocycles. The van der Waals surface area contributed by atoms with Gasteiger partial charge in [0.05, 0.1) is 6.04 Å². The molecule has 0 radical (unpaired) electrons. The maximum absolute atomic E-state index is 12.2. The summed E-state index contributed by atoms with van der Waals surface area (Å²) in [6.07, 6.45) is 5.34. The number of hydrogen-bond acceptors (Lipinski definition) is 4. The van der Waals surface area contributed by atoms with Gasteiger partial charge in [-0.3, -0.25) is 0 Å².